The lowest BCUT2D eigenvalue weighted by Gasteiger charge is -2.50. The van der Waals surface area contributed by atoms with Crippen molar-refractivity contribution >= 4 is 0 Å². The second-order valence-corrected chi connectivity index (χ2v) is 3.79. The van der Waals surface area contributed by atoms with E-state index in [1.54, 1.807) is 6.92 Å². The Balaban J connectivity index is 2.81. The lowest BCUT2D eigenvalue weighted by molar-refractivity contribution is -0.281. The molecule has 0 aromatic heterocycles. The number of nitrogens with zero attached hydrogens (tertiary/aromatic N) is 1. The van der Waals surface area contributed by atoms with Crippen molar-refractivity contribution in [3.63, 3.8) is 0 Å². The van der Waals surface area contributed by atoms with Gasteiger partial charge in [-0.3, -0.25) is 5.23 Å². The average Bonchev–Trinajstić information content (AvgIpc) is 2.13. The summed E-state index contributed by atoms with van der Waals surface area (Å²) in [6.45, 7) is 3.09. The maximum atomic E-state index is 10.9. The third kappa shape index (κ3) is 1.90. The highest BCUT2D eigenvalue weighted by molar-refractivity contribution is 4.97. The molecule has 0 aromatic rings. The molecule has 4 atom stereocenters. The minimum absolute atomic E-state index is 0.120. The molecule has 1 saturated heterocycles. The number of hydroxylamine groups is 2. The second-order valence-electron chi connectivity index (χ2n) is 3.79. The Kier molecular flexibility index (Phi) is 3.46. The molecule has 0 aliphatic carbocycles. The molecule has 0 radical (unpaired) electrons. The highest BCUT2D eigenvalue weighted by Crippen LogP contribution is 2.32. The van der Waals surface area contributed by atoms with E-state index in [2.05, 4.69) is 0 Å². The Labute approximate surface area is 82.6 Å². The number of aliphatic hydroxyl groups excluding tert-OH is 1. The van der Waals surface area contributed by atoms with Gasteiger partial charge < -0.3 is 25.0 Å². The fraction of sp³-hybridized carbons (Fsp3) is 1.00. The molecule has 0 aromatic carbocycles. The first-order valence-electron chi connectivity index (χ1n) is 4.44. The van der Waals surface area contributed by atoms with Gasteiger partial charge in [0.25, 0.3) is 0 Å². The predicted octanol–water partition coefficient (Wildman–Crippen LogP) is 0.0763. The van der Waals surface area contributed by atoms with Gasteiger partial charge in [-0.05, 0) is 13.8 Å². The largest absolute Gasteiger partial charge is 0.762 e. The van der Waals surface area contributed by atoms with Crippen LogP contribution in [-0.4, -0.2) is 46.7 Å². The van der Waals surface area contributed by atoms with Crippen LogP contribution in [0.5, 0.6) is 0 Å². The van der Waals surface area contributed by atoms with Gasteiger partial charge in [0.2, 0.25) is 0 Å². The molecule has 1 fully saturated rings. The van der Waals surface area contributed by atoms with E-state index in [1.165, 1.54) is 14.0 Å². The van der Waals surface area contributed by atoms with Crippen LogP contribution in [-0.2, 0) is 9.47 Å². The fourth-order valence-electron chi connectivity index (χ4n) is 1.66. The Morgan fingerprint density at radius 3 is 2.64 bits per heavy atom. The van der Waals surface area contributed by atoms with Crippen LogP contribution in [0.3, 0.4) is 0 Å². The Morgan fingerprint density at radius 2 is 2.21 bits per heavy atom. The normalized spacial score (nSPS) is 44.4. The van der Waals surface area contributed by atoms with E-state index in [9.17, 15) is 10.3 Å². The van der Waals surface area contributed by atoms with E-state index in [0.29, 0.717) is 0 Å². The zero-order chi connectivity index (χ0) is 10.9. The van der Waals surface area contributed by atoms with E-state index >= 15 is 0 Å². The summed E-state index contributed by atoms with van der Waals surface area (Å²) < 4.78 is 10.2. The van der Waals surface area contributed by atoms with Crippen LogP contribution in [0.25, 0.3) is 0 Å². The molecule has 1 heterocycles. The van der Waals surface area contributed by atoms with Crippen molar-refractivity contribution in [3.05, 3.63) is 5.21 Å². The summed E-state index contributed by atoms with van der Waals surface area (Å²) in [7, 11) is 1.45. The van der Waals surface area contributed by atoms with Crippen LogP contribution in [0, 0.1) is 5.21 Å². The molecule has 14 heavy (non-hydrogen) atoms. The van der Waals surface area contributed by atoms with Gasteiger partial charge in [0.15, 0.2) is 6.29 Å². The van der Waals surface area contributed by atoms with E-state index in [0.717, 1.165) is 0 Å². The van der Waals surface area contributed by atoms with Crippen LogP contribution >= 0.6 is 0 Å². The number of hydrogen-bond acceptors (Lipinski definition) is 6. The Morgan fingerprint density at radius 1 is 1.64 bits per heavy atom. The molecule has 1 rings (SSSR count). The maximum Gasteiger partial charge on any atom is 0.159 e. The van der Waals surface area contributed by atoms with Gasteiger partial charge in [-0.2, -0.15) is 0 Å². The molecule has 6 heteroatoms. The van der Waals surface area contributed by atoms with Gasteiger partial charge in [0.05, 0.1) is 17.7 Å². The summed E-state index contributed by atoms with van der Waals surface area (Å²) in [5, 5.41) is 29.4. The molecule has 1 aliphatic rings. The van der Waals surface area contributed by atoms with Crippen LogP contribution in [0.2, 0.25) is 0 Å². The summed E-state index contributed by atoms with van der Waals surface area (Å²) in [5.41, 5.74) is -1.28. The monoisotopic (exact) mass is 206 g/mol. The molecular formula is C8H16NO5-. The summed E-state index contributed by atoms with van der Waals surface area (Å²) in [5.74, 6) is 0. The average molecular weight is 206 g/mol. The zero-order valence-corrected chi connectivity index (χ0v) is 8.51. The number of ether oxygens (including phenoxy) is 2. The Bertz CT molecular complexity index is 200. The van der Waals surface area contributed by atoms with Crippen LogP contribution < -0.4 is 0 Å². The molecule has 84 valence electrons. The Hall–Kier alpha value is -0.240. The number of rotatable bonds is 2. The van der Waals surface area contributed by atoms with Gasteiger partial charge in [-0.15, -0.1) is 0 Å². The van der Waals surface area contributed by atoms with Crippen molar-refractivity contribution in [2.75, 3.05) is 7.11 Å². The summed E-state index contributed by atoms with van der Waals surface area (Å²) in [4.78, 5) is 0. The first-order chi connectivity index (χ1) is 6.41. The predicted molar refractivity (Wildman–Crippen MR) is 47.4 cm³/mol. The van der Waals surface area contributed by atoms with E-state index in [1.807, 2.05) is 0 Å². The van der Waals surface area contributed by atoms with Crippen molar-refractivity contribution in [2.45, 2.75) is 44.3 Å². The van der Waals surface area contributed by atoms with Crippen LogP contribution in [0.1, 0.15) is 20.3 Å². The van der Waals surface area contributed by atoms with Crippen LogP contribution in [0.15, 0.2) is 0 Å². The van der Waals surface area contributed by atoms with E-state index in [4.69, 9.17) is 14.7 Å². The third-order valence-corrected chi connectivity index (χ3v) is 2.73. The molecule has 2 N–H and O–H groups in total. The molecule has 0 bridgehead atoms. The fourth-order valence-corrected chi connectivity index (χ4v) is 1.66. The van der Waals surface area contributed by atoms with E-state index in [-0.39, 0.29) is 11.6 Å². The third-order valence-electron chi connectivity index (χ3n) is 2.73. The van der Waals surface area contributed by atoms with Gasteiger partial charge in [-0.1, -0.05) is 0 Å². The van der Waals surface area contributed by atoms with Gasteiger partial charge >= 0.3 is 0 Å². The molecule has 6 nitrogen and oxygen atoms in total. The minimum Gasteiger partial charge on any atom is -0.762 e. The van der Waals surface area contributed by atoms with Crippen molar-refractivity contribution in [3.8, 4) is 0 Å². The van der Waals surface area contributed by atoms with Crippen molar-refractivity contribution in [1.82, 2.24) is 5.23 Å². The molecular weight excluding hydrogens is 190 g/mol. The first-order valence-corrected chi connectivity index (χ1v) is 4.44. The topological polar surface area (TPSA) is 85.2 Å². The number of hydrogen-bond donors (Lipinski definition) is 2. The summed E-state index contributed by atoms with van der Waals surface area (Å²) in [6, 6.07) is 0. The molecule has 0 amide bonds. The quantitative estimate of drug-likeness (QED) is 0.622. The highest BCUT2D eigenvalue weighted by atomic mass is 16.8. The zero-order valence-electron chi connectivity index (χ0n) is 8.51. The lowest BCUT2D eigenvalue weighted by atomic mass is 9.86. The summed E-state index contributed by atoms with van der Waals surface area (Å²) >= 11 is 0. The smallest absolute Gasteiger partial charge is 0.159 e. The van der Waals surface area contributed by atoms with Crippen LogP contribution in [0.4, 0.5) is 0 Å². The standard InChI is InChI=1S/C8H16NO5/c1-5-7(10)8(2,9(11)12)4-6(13-3)14-5/h5-7,10-11H,4H2,1-3H3/q-1. The number of methoxy groups -OCH3 is 1. The molecule has 1 aliphatic heterocycles. The minimum atomic E-state index is -1.28. The lowest BCUT2D eigenvalue weighted by Crippen LogP contribution is -2.61. The SMILES string of the molecule is COC1CC(C)(N([O-])O)C(O)C(C)O1. The van der Waals surface area contributed by atoms with Crippen molar-refractivity contribution in [2.24, 2.45) is 0 Å². The maximum absolute atomic E-state index is 10.9. The highest BCUT2D eigenvalue weighted by Gasteiger charge is 2.45. The molecule has 4 unspecified atom stereocenters. The van der Waals surface area contributed by atoms with Crippen molar-refractivity contribution in [1.29, 1.82) is 0 Å². The van der Waals surface area contributed by atoms with E-state index < -0.39 is 24.0 Å². The second kappa shape index (κ2) is 4.09. The van der Waals surface area contributed by atoms with Gasteiger partial charge in [0, 0.05) is 13.5 Å². The molecule has 0 spiro atoms. The van der Waals surface area contributed by atoms with Gasteiger partial charge in [-0.25, -0.2) is 0 Å². The van der Waals surface area contributed by atoms with Gasteiger partial charge in [0.1, 0.15) is 0 Å². The number of aliphatic hydroxyl groups is 1. The first kappa shape index (κ1) is 11.8. The summed E-state index contributed by atoms with van der Waals surface area (Å²) in [6.07, 6.45) is -2.06. The molecule has 0 saturated carbocycles. The van der Waals surface area contributed by atoms with Crippen molar-refractivity contribution < 1.29 is 19.8 Å².